The van der Waals surface area contributed by atoms with Gasteiger partial charge in [0.2, 0.25) is 5.91 Å². The zero-order chi connectivity index (χ0) is 16.8. The van der Waals surface area contributed by atoms with E-state index in [0.29, 0.717) is 6.54 Å². The molecule has 1 aromatic heterocycles. The van der Waals surface area contributed by atoms with Crippen LogP contribution in [-0.4, -0.2) is 33.0 Å². The molecule has 0 aliphatic heterocycles. The van der Waals surface area contributed by atoms with Gasteiger partial charge < -0.3 is 5.32 Å². The molecule has 3 rings (SSSR count). The molecule has 24 heavy (non-hydrogen) atoms. The van der Waals surface area contributed by atoms with Gasteiger partial charge in [0.05, 0.1) is 0 Å². The summed E-state index contributed by atoms with van der Waals surface area (Å²) in [6, 6.07) is 14.5. The molecule has 0 bridgehead atoms. The number of carbonyl (C=O) groups is 1. The van der Waals surface area contributed by atoms with E-state index in [1.54, 1.807) is 11.0 Å². The van der Waals surface area contributed by atoms with Crippen LogP contribution in [-0.2, 0) is 10.5 Å². The van der Waals surface area contributed by atoms with Gasteiger partial charge in [-0.05, 0) is 23.3 Å². The molecule has 0 spiro atoms. The summed E-state index contributed by atoms with van der Waals surface area (Å²) in [7, 11) is 0. The van der Waals surface area contributed by atoms with Crippen LogP contribution in [0, 0.1) is 0 Å². The van der Waals surface area contributed by atoms with Crippen molar-refractivity contribution in [2.75, 3.05) is 12.3 Å². The highest BCUT2D eigenvalue weighted by molar-refractivity contribution is 7.98. The van der Waals surface area contributed by atoms with Gasteiger partial charge in [-0.3, -0.25) is 4.79 Å². The van der Waals surface area contributed by atoms with Crippen molar-refractivity contribution in [2.24, 2.45) is 0 Å². The van der Waals surface area contributed by atoms with E-state index < -0.39 is 0 Å². The van der Waals surface area contributed by atoms with E-state index in [1.165, 1.54) is 22.7 Å². The van der Waals surface area contributed by atoms with E-state index in [0.717, 1.165) is 11.5 Å². The molecular formula is C18H20N4OS. The van der Waals surface area contributed by atoms with E-state index in [1.807, 2.05) is 18.7 Å². The van der Waals surface area contributed by atoms with Crippen molar-refractivity contribution in [3.05, 3.63) is 60.7 Å². The molecule has 0 fully saturated rings. The lowest BCUT2D eigenvalue weighted by Gasteiger charge is -2.12. The molecule has 124 valence electrons. The monoisotopic (exact) mass is 340 g/mol. The Hall–Kier alpha value is -2.34. The second-order valence-corrected chi connectivity index (χ2v) is 6.64. The summed E-state index contributed by atoms with van der Waals surface area (Å²) in [4.78, 5) is 15.9. The van der Waals surface area contributed by atoms with Crippen LogP contribution in [0.3, 0.4) is 0 Å². The van der Waals surface area contributed by atoms with Crippen molar-refractivity contribution in [3.8, 4) is 0 Å². The summed E-state index contributed by atoms with van der Waals surface area (Å²) < 4.78 is 1.55. The topological polar surface area (TPSA) is 59.8 Å². The van der Waals surface area contributed by atoms with Crippen molar-refractivity contribution < 1.29 is 4.79 Å². The Morgan fingerprint density at radius 1 is 1.25 bits per heavy atom. The molecule has 1 atom stereocenters. The van der Waals surface area contributed by atoms with Gasteiger partial charge in [0, 0.05) is 18.1 Å². The predicted molar refractivity (Wildman–Crippen MR) is 97.9 cm³/mol. The molecule has 2 aromatic carbocycles. The predicted octanol–water partition coefficient (Wildman–Crippen LogP) is 3.04. The van der Waals surface area contributed by atoms with Crippen LogP contribution in [0.4, 0.5) is 0 Å². The maximum absolute atomic E-state index is 12.0. The highest BCUT2D eigenvalue weighted by Crippen LogP contribution is 2.22. The number of aromatic nitrogens is 3. The van der Waals surface area contributed by atoms with Gasteiger partial charge in [0.15, 0.2) is 0 Å². The second-order valence-electron chi connectivity index (χ2n) is 5.53. The number of benzene rings is 2. The van der Waals surface area contributed by atoms with E-state index in [9.17, 15) is 4.79 Å². The molecule has 6 heteroatoms. The Balaban J connectivity index is 1.45. The Kier molecular flexibility index (Phi) is 5.48. The van der Waals surface area contributed by atoms with Crippen molar-refractivity contribution in [2.45, 2.75) is 18.7 Å². The van der Waals surface area contributed by atoms with E-state index in [4.69, 9.17) is 0 Å². The van der Waals surface area contributed by atoms with Crippen molar-refractivity contribution >= 4 is 28.4 Å². The molecular weight excluding hydrogens is 320 g/mol. The summed E-state index contributed by atoms with van der Waals surface area (Å²) in [5.41, 5.74) is 1.33. The number of fused-ring (bicyclic) bond motifs is 1. The summed E-state index contributed by atoms with van der Waals surface area (Å²) in [5, 5.41) is 9.51. The molecule has 0 aliphatic carbocycles. The average Bonchev–Trinajstić information content (AvgIpc) is 3.15. The first-order valence-electron chi connectivity index (χ1n) is 7.92. The number of amides is 1. The SMILES string of the molecule is C[C@H](C(=O)NCCSCc1cccc2ccccc12)n1cncn1. The smallest absolute Gasteiger partial charge is 0.244 e. The fourth-order valence-corrected chi connectivity index (χ4v) is 3.39. The molecule has 3 aromatic rings. The Morgan fingerprint density at radius 2 is 2.08 bits per heavy atom. The number of hydrogen-bond acceptors (Lipinski definition) is 4. The third-order valence-corrected chi connectivity index (χ3v) is 4.90. The normalized spacial score (nSPS) is 12.2. The van der Waals surface area contributed by atoms with Gasteiger partial charge in [-0.15, -0.1) is 0 Å². The third-order valence-electron chi connectivity index (χ3n) is 3.90. The maximum Gasteiger partial charge on any atom is 0.244 e. The summed E-state index contributed by atoms with van der Waals surface area (Å²) in [5.74, 6) is 1.78. The van der Waals surface area contributed by atoms with Gasteiger partial charge in [0.25, 0.3) is 0 Å². The quantitative estimate of drug-likeness (QED) is 0.672. The fraction of sp³-hybridized carbons (Fsp3) is 0.278. The third kappa shape index (κ3) is 3.94. The van der Waals surface area contributed by atoms with Crippen molar-refractivity contribution in [3.63, 3.8) is 0 Å². The zero-order valence-electron chi connectivity index (χ0n) is 13.6. The highest BCUT2D eigenvalue weighted by atomic mass is 32.2. The number of thioether (sulfide) groups is 1. The van der Waals surface area contributed by atoms with Crippen molar-refractivity contribution in [1.82, 2.24) is 20.1 Å². The first-order chi connectivity index (χ1) is 11.8. The minimum absolute atomic E-state index is 0.0359. The molecule has 1 amide bonds. The van der Waals surface area contributed by atoms with Crippen LogP contribution >= 0.6 is 11.8 Å². The van der Waals surface area contributed by atoms with Gasteiger partial charge in [-0.1, -0.05) is 42.5 Å². The van der Waals surface area contributed by atoms with Crippen LogP contribution in [0.5, 0.6) is 0 Å². The number of rotatable bonds is 7. The lowest BCUT2D eigenvalue weighted by atomic mass is 10.1. The van der Waals surface area contributed by atoms with E-state index in [-0.39, 0.29) is 11.9 Å². The molecule has 0 saturated heterocycles. The molecule has 5 nitrogen and oxygen atoms in total. The molecule has 0 radical (unpaired) electrons. The average molecular weight is 340 g/mol. The Bertz CT molecular complexity index is 798. The molecule has 0 aliphatic rings. The minimum atomic E-state index is -0.337. The fourth-order valence-electron chi connectivity index (χ4n) is 2.53. The molecule has 0 saturated carbocycles. The molecule has 0 unspecified atom stereocenters. The van der Waals surface area contributed by atoms with Gasteiger partial charge in [-0.2, -0.15) is 16.9 Å². The largest absolute Gasteiger partial charge is 0.353 e. The Labute approximate surface area is 145 Å². The van der Waals surface area contributed by atoms with Crippen LogP contribution in [0.2, 0.25) is 0 Å². The van der Waals surface area contributed by atoms with Gasteiger partial charge in [0.1, 0.15) is 18.7 Å². The van der Waals surface area contributed by atoms with Crippen LogP contribution in [0.15, 0.2) is 55.1 Å². The van der Waals surface area contributed by atoms with Crippen molar-refractivity contribution in [1.29, 1.82) is 0 Å². The first-order valence-corrected chi connectivity index (χ1v) is 9.07. The van der Waals surface area contributed by atoms with Crippen LogP contribution in [0.25, 0.3) is 10.8 Å². The zero-order valence-corrected chi connectivity index (χ0v) is 14.4. The number of nitrogens with one attached hydrogen (secondary N) is 1. The van der Waals surface area contributed by atoms with Crippen LogP contribution < -0.4 is 5.32 Å². The molecule has 1 heterocycles. The van der Waals surface area contributed by atoms with Gasteiger partial charge in [-0.25, -0.2) is 9.67 Å². The standard InChI is InChI=1S/C18H20N4OS/c1-14(22-13-19-12-21-22)18(23)20-9-10-24-11-16-7-4-6-15-5-2-3-8-17(15)16/h2-8,12-14H,9-11H2,1H3,(H,20,23)/t14-/m1/s1. The second kappa shape index (κ2) is 7.97. The summed E-state index contributed by atoms with van der Waals surface area (Å²) in [6.45, 7) is 2.46. The van der Waals surface area contributed by atoms with Gasteiger partial charge >= 0.3 is 0 Å². The van der Waals surface area contributed by atoms with E-state index >= 15 is 0 Å². The lowest BCUT2D eigenvalue weighted by Crippen LogP contribution is -2.32. The first kappa shape index (κ1) is 16.5. The Morgan fingerprint density at radius 3 is 2.92 bits per heavy atom. The summed E-state index contributed by atoms with van der Waals surface area (Å²) in [6.07, 6.45) is 2.99. The number of carbonyl (C=O) groups excluding carboxylic acids is 1. The number of hydrogen-bond donors (Lipinski definition) is 1. The minimum Gasteiger partial charge on any atom is -0.353 e. The lowest BCUT2D eigenvalue weighted by molar-refractivity contribution is -0.124. The molecule has 1 N–H and O–H groups in total. The highest BCUT2D eigenvalue weighted by Gasteiger charge is 2.14. The van der Waals surface area contributed by atoms with Crippen LogP contribution in [0.1, 0.15) is 18.5 Å². The summed E-state index contributed by atoms with van der Waals surface area (Å²) >= 11 is 1.82. The van der Waals surface area contributed by atoms with E-state index in [2.05, 4.69) is 57.9 Å². The maximum atomic E-state index is 12.0. The number of nitrogens with zero attached hydrogens (tertiary/aromatic N) is 3.